The van der Waals surface area contributed by atoms with Gasteiger partial charge in [0.25, 0.3) is 0 Å². The van der Waals surface area contributed by atoms with Crippen LogP contribution in [0.5, 0.6) is 11.5 Å². The summed E-state index contributed by atoms with van der Waals surface area (Å²) in [5.74, 6) is 8.12. The summed E-state index contributed by atoms with van der Waals surface area (Å²) in [7, 11) is 3.31. The van der Waals surface area contributed by atoms with Crippen molar-refractivity contribution in [3.8, 4) is 23.3 Å². The van der Waals surface area contributed by atoms with E-state index >= 15 is 0 Å². The predicted molar refractivity (Wildman–Crippen MR) is 101 cm³/mol. The van der Waals surface area contributed by atoms with Crippen molar-refractivity contribution in [3.63, 3.8) is 0 Å². The van der Waals surface area contributed by atoms with Crippen molar-refractivity contribution >= 4 is 0 Å². The number of allylic oxidation sites excluding steroid dienone is 1. The molecule has 2 aromatic rings. The average molecular weight is 336 g/mol. The van der Waals surface area contributed by atoms with Crippen LogP contribution in [0.1, 0.15) is 17.5 Å². The molecular weight excluding hydrogens is 312 g/mol. The molecule has 0 amide bonds. The van der Waals surface area contributed by atoms with E-state index in [1.807, 2.05) is 54.6 Å². The molecule has 0 spiro atoms. The van der Waals surface area contributed by atoms with Crippen LogP contribution in [0.2, 0.25) is 0 Å². The predicted octanol–water partition coefficient (Wildman–Crippen LogP) is 4.46. The maximum absolute atomic E-state index is 5.74. The van der Waals surface area contributed by atoms with Crippen molar-refractivity contribution in [2.75, 3.05) is 20.8 Å². The largest absolute Gasteiger partial charge is 0.497 e. The quantitative estimate of drug-likeness (QED) is 0.404. The third-order valence-corrected chi connectivity index (χ3v) is 3.78. The van der Waals surface area contributed by atoms with Crippen molar-refractivity contribution < 1.29 is 14.2 Å². The van der Waals surface area contributed by atoms with E-state index in [-0.39, 0.29) is 5.92 Å². The standard InChI is InChI=1S/C22H24O3/c1-4-18(9-12-20-7-5-6-8-22(20)24-3)15-16-25-17-19-10-13-21(23-2)14-11-19/h4-8,10-11,13-14,18H,1,15-17H2,2-3H3/t18-/m1/s1. The Morgan fingerprint density at radius 1 is 1.04 bits per heavy atom. The molecule has 0 saturated heterocycles. The van der Waals surface area contributed by atoms with Crippen LogP contribution in [0, 0.1) is 17.8 Å². The molecule has 0 fully saturated rings. The van der Waals surface area contributed by atoms with Gasteiger partial charge in [0.05, 0.1) is 26.4 Å². The fourth-order valence-electron chi connectivity index (χ4n) is 2.29. The topological polar surface area (TPSA) is 27.7 Å². The summed E-state index contributed by atoms with van der Waals surface area (Å²) < 4.78 is 16.2. The molecule has 0 heterocycles. The second-order valence-electron chi connectivity index (χ2n) is 5.50. The molecule has 0 unspecified atom stereocenters. The number of methoxy groups -OCH3 is 2. The zero-order valence-electron chi connectivity index (χ0n) is 14.8. The Bertz CT molecular complexity index is 723. The minimum atomic E-state index is 0.0841. The smallest absolute Gasteiger partial charge is 0.134 e. The monoisotopic (exact) mass is 336 g/mol. The van der Waals surface area contributed by atoms with E-state index in [9.17, 15) is 0 Å². The molecule has 0 aliphatic heterocycles. The number of rotatable bonds is 8. The van der Waals surface area contributed by atoms with Crippen LogP contribution in [-0.4, -0.2) is 20.8 Å². The van der Waals surface area contributed by atoms with Crippen LogP contribution >= 0.6 is 0 Å². The van der Waals surface area contributed by atoms with E-state index in [1.54, 1.807) is 14.2 Å². The fourth-order valence-corrected chi connectivity index (χ4v) is 2.29. The zero-order valence-corrected chi connectivity index (χ0v) is 14.8. The molecule has 2 aromatic carbocycles. The highest BCUT2D eigenvalue weighted by Crippen LogP contribution is 2.16. The van der Waals surface area contributed by atoms with Gasteiger partial charge in [-0.3, -0.25) is 0 Å². The number of hydrogen-bond acceptors (Lipinski definition) is 3. The second-order valence-corrected chi connectivity index (χ2v) is 5.50. The SMILES string of the molecule is C=C[C@H](C#Cc1ccccc1OC)CCOCc1ccc(OC)cc1. The summed E-state index contributed by atoms with van der Waals surface area (Å²) in [6.07, 6.45) is 2.67. The Morgan fingerprint density at radius 2 is 1.80 bits per heavy atom. The van der Waals surface area contributed by atoms with Crippen molar-refractivity contribution in [2.24, 2.45) is 5.92 Å². The van der Waals surface area contributed by atoms with Gasteiger partial charge in [-0.15, -0.1) is 6.58 Å². The maximum Gasteiger partial charge on any atom is 0.134 e. The molecule has 3 nitrogen and oxygen atoms in total. The van der Waals surface area contributed by atoms with Gasteiger partial charge in [-0.25, -0.2) is 0 Å². The highest BCUT2D eigenvalue weighted by Gasteiger charge is 2.02. The first kappa shape index (κ1) is 18.6. The van der Waals surface area contributed by atoms with E-state index in [4.69, 9.17) is 14.2 Å². The number of hydrogen-bond donors (Lipinski definition) is 0. The van der Waals surface area contributed by atoms with E-state index < -0.39 is 0 Å². The molecule has 1 atom stereocenters. The number of benzene rings is 2. The normalized spacial score (nSPS) is 11.1. The minimum absolute atomic E-state index is 0.0841. The molecular formula is C22H24O3. The Labute approximate surface area is 150 Å². The van der Waals surface area contributed by atoms with Gasteiger partial charge in [0.15, 0.2) is 0 Å². The summed E-state index contributed by atoms with van der Waals surface area (Å²) in [4.78, 5) is 0. The summed E-state index contributed by atoms with van der Waals surface area (Å²) in [6, 6.07) is 15.6. The Kier molecular flexibility index (Phi) is 7.62. The summed E-state index contributed by atoms with van der Waals surface area (Å²) >= 11 is 0. The lowest BCUT2D eigenvalue weighted by Crippen LogP contribution is -2.01. The lowest BCUT2D eigenvalue weighted by atomic mass is 10.1. The highest BCUT2D eigenvalue weighted by molar-refractivity contribution is 5.46. The van der Waals surface area contributed by atoms with Crippen molar-refractivity contribution in [1.29, 1.82) is 0 Å². The average Bonchev–Trinajstić information content (AvgIpc) is 2.68. The minimum Gasteiger partial charge on any atom is -0.497 e. The van der Waals surface area contributed by atoms with Gasteiger partial charge in [0.2, 0.25) is 0 Å². The molecule has 0 bridgehead atoms. The molecule has 0 radical (unpaired) electrons. The first-order chi connectivity index (χ1) is 12.3. The van der Waals surface area contributed by atoms with Gasteiger partial charge in [0, 0.05) is 12.5 Å². The second kappa shape index (κ2) is 10.2. The molecule has 0 aromatic heterocycles. The van der Waals surface area contributed by atoms with Crippen LogP contribution in [0.3, 0.4) is 0 Å². The van der Waals surface area contributed by atoms with Crippen LogP contribution in [0.15, 0.2) is 61.2 Å². The molecule has 0 aliphatic carbocycles. The summed E-state index contributed by atoms with van der Waals surface area (Å²) in [5.41, 5.74) is 2.01. The van der Waals surface area contributed by atoms with Gasteiger partial charge in [-0.05, 0) is 36.2 Å². The van der Waals surface area contributed by atoms with E-state index in [2.05, 4.69) is 18.4 Å². The Morgan fingerprint density at radius 3 is 2.48 bits per heavy atom. The van der Waals surface area contributed by atoms with E-state index in [0.717, 1.165) is 29.0 Å². The molecule has 25 heavy (non-hydrogen) atoms. The molecule has 0 aliphatic rings. The highest BCUT2D eigenvalue weighted by atomic mass is 16.5. The van der Waals surface area contributed by atoms with Gasteiger partial charge in [0.1, 0.15) is 11.5 Å². The lowest BCUT2D eigenvalue weighted by Gasteiger charge is -2.08. The summed E-state index contributed by atoms with van der Waals surface area (Å²) in [6.45, 7) is 5.07. The van der Waals surface area contributed by atoms with Crippen molar-refractivity contribution in [1.82, 2.24) is 0 Å². The van der Waals surface area contributed by atoms with Crippen LogP contribution in [0.25, 0.3) is 0 Å². The van der Waals surface area contributed by atoms with Crippen molar-refractivity contribution in [2.45, 2.75) is 13.0 Å². The first-order valence-corrected chi connectivity index (χ1v) is 8.24. The van der Waals surface area contributed by atoms with Gasteiger partial charge in [-0.1, -0.05) is 42.2 Å². The van der Waals surface area contributed by atoms with Crippen LogP contribution < -0.4 is 9.47 Å². The third kappa shape index (κ3) is 6.02. The number of ether oxygens (including phenoxy) is 3. The first-order valence-electron chi connectivity index (χ1n) is 8.24. The van der Waals surface area contributed by atoms with Gasteiger partial charge in [-0.2, -0.15) is 0 Å². The van der Waals surface area contributed by atoms with E-state index in [0.29, 0.717) is 13.2 Å². The Hall–Kier alpha value is -2.70. The van der Waals surface area contributed by atoms with E-state index in [1.165, 1.54) is 0 Å². The molecule has 130 valence electrons. The third-order valence-electron chi connectivity index (χ3n) is 3.78. The van der Waals surface area contributed by atoms with Gasteiger partial charge < -0.3 is 14.2 Å². The lowest BCUT2D eigenvalue weighted by molar-refractivity contribution is 0.115. The summed E-state index contributed by atoms with van der Waals surface area (Å²) in [5, 5.41) is 0. The van der Waals surface area contributed by atoms with Gasteiger partial charge >= 0.3 is 0 Å². The fraction of sp³-hybridized carbons (Fsp3) is 0.273. The zero-order chi connectivity index (χ0) is 17.9. The number of para-hydroxylation sites is 1. The molecule has 0 saturated carbocycles. The maximum atomic E-state index is 5.74. The van der Waals surface area contributed by atoms with Crippen molar-refractivity contribution in [3.05, 3.63) is 72.3 Å². The molecule has 2 rings (SSSR count). The van der Waals surface area contributed by atoms with Crippen LogP contribution in [0.4, 0.5) is 0 Å². The Balaban J connectivity index is 1.82. The molecule has 3 heteroatoms. The van der Waals surface area contributed by atoms with Crippen LogP contribution in [-0.2, 0) is 11.3 Å². The molecule has 0 N–H and O–H groups in total.